The molecule has 0 saturated carbocycles. The molecule has 198 valence electrons. The normalized spacial score (nSPS) is 14.4. The molecule has 0 radical (unpaired) electrons. The number of benzene rings is 1. The highest BCUT2D eigenvalue weighted by Crippen LogP contribution is 2.43. The number of hydrogen-bond donors (Lipinski definition) is 4. The SMILES string of the molecule is CCCCNC(C)CCCC(C)(C)c1cc(O)c(C(C)(C)CCCC(C)NCCCC)cc1O. The second-order valence-electron chi connectivity index (χ2n) is 11.9. The summed E-state index contributed by atoms with van der Waals surface area (Å²) in [5.41, 5.74) is 1.33. The van der Waals surface area contributed by atoms with Crippen molar-refractivity contribution in [2.24, 2.45) is 0 Å². The van der Waals surface area contributed by atoms with Crippen LogP contribution in [-0.4, -0.2) is 35.4 Å². The summed E-state index contributed by atoms with van der Waals surface area (Å²) < 4.78 is 0. The molecule has 0 aliphatic rings. The summed E-state index contributed by atoms with van der Waals surface area (Å²) in [6.45, 7) is 19.8. The lowest BCUT2D eigenvalue weighted by Gasteiger charge is -2.31. The highest BCUT2D eigenvalue weighted by molar-refractivity contribution is 5.50. The lowest BCUT2D eigenvalue weighted by Crippen LogP contribution is -2.28. The topological polar surface area (TPSA) is 64.5 Å². The third-order valence-electron chi connectivity index (χ3n) is 7.50. The zero-order chi connectivity index (χ0) is 25.8. The second kappa shape index (κ2) is 15.0. The Morgan fingerprint density at radius 1 is 0.676 bits per heavy atom. The van der Waals surface area contributed by atoms with Crippen molar-refractivity contribution in [2.75, 3.05) is 13.1 Å². The summed E-state index contributed by atoms with van der Waals surface area (Å²) in [5.74, 6) is 0.629. The Morgan fingerprint density at radius 2 is 1.03 bits per heavy atom. The van der Waals surface area contributed by atoms with Gasteiger partial charge in [0.2, 0.25) is 0 Å². The molecular formula is C30H56N2O2. The van der Waals surface area contributed by atoms with E-state index in [-0.39, 0.29) is 10.8 Å². The van der Waals surface area contributed by atoms with Crippen LogP contribution in [0.25, 0.3) is 0 Å². The van der Waals surface area contributed by atoms with Crippen molar-refractivity contribution in [3.8, 4) is 11.5 Å². The van der Waals surface area contributed by atoms with Crippen molar-refractivity contribution in [3.63, 3.8) is 0 Å². The number of aromatic hydroxyl groups is 2. The van der Waals surface area contributed by atoms with Crippen molar-refractivity contribution in [3.05, 3.63) is 23.3 Å². The number of hydrogen-bond acceptors (Lipinski definition) is 4. The van der Waals surface area contributed by atoms with Gasteiger partial charge in [-0.05, 0) is 88.4 Å². The number of rotatable bonds is 18. The molecule has 4 N–H and O–H groups in total. The average Bonchev–Trinajstić information content (AvgIpc) is 2.75. The van der Waals surface area contributed by atoms with Gasteiger partial charge in [-0.25, -0.2) is 0 Å². The minimum atomic E-state index is -0.188. The van der Waals surface area contributed by atoms with Crippen LogP contribution in [0.1, 0.15) is 131 Å². The van der Waals surface area contributed by atoms with Gasteiger partial charge in [0.15, 0.2) is 0 Å². The van der Waals surface area contributed by atoms with Gasteiger partial charge in [0.05, 0.1) is 0 Å². The lowest BCUT2D eigenvalue weighted by atomic mass is 9.75. The maximum Gasteiger partial charge on any atom is 0.119 e. The minimum Gasteiger partial charge on any atom is -0.508 e. The third kappa shape index (κ3) is 10.6. The molecule has 0 bridgehead atoms. The standard InChI is InChI=1S/C30H56N2O2/c1-9-11-19-31-23(3)15-13-17-29(5,6)25-21-28(34)26(22-27(25)33)30(7,8)18-14-16-24(4)32-20-12-10-2/h21-24,31-34H,9-20H2,1-8H3. The Bertz CT molecular complexity index is 640. The molecule has 1 aromatic carbocycles. The predicted molar refractivity (Wildman–Crippen MR) is 148 cm³/mol. The van der Waals surface area contributed by atoms with Crippen LogP contribution in [0.4, 0.5) is 0 Å². The summed E-state index contributed by atoms with van der Waals surface area (Å²) in [4.78, 5) is 0. The quantitative estimate of drug-likeness (QED) is 0.130. The van der Waals surface area contributed by atoms with E-state index in [1.165, 1.54) is 25.7 Å². The van der Waals surface area contributed by atoms with Crippen LogP contribution in [-0.2, 0) is 10.8 Å². The van der Waals surface area contributed by atoms with Crippen LogP contribution in [0.5, 0.6) is 11.5 Å². The van der Waals surface area contributed by atoms with Crippen LogP contribution < -0.4 is 10.6 Å². The van der Waals surface area contributed by atoms with Crippen molar-refractivity contribution in [2.45, 2.75) is 143 Å². The van der Waals surface area contributed by atoms with Crippen LogP contribution in [0.15, 0.2) is 12.1 Å². The monoisotopic (exact) mass is 476 g/mol. The van der Waals surface area contributed by atoms with E-state index in [9.17, 15) is 10.2 Å². The van der Waals surface area contributed by atoms with Crippen molar-refractivity contribution < 1.29 is 10.2 Å². The van der Waals surface area contributed by atoms with Gasteiger partial charge < -0.3 is 20.8 Å². The van der Waals surface area contributed by atoms with Crippen LogP contribution in [0.2, 0.25) is 0 Å². The highest BCUT2D eigenvalue weighted by Gasteiger charge is 2.30. The van der Waals surface area contributed by atoms with Crippen LogP contribution in [0, 0.1) is 0 Å². The Balaban J connectivity index is 2.72. The first kappa shape index (κ1) is 30.8. The molecule has 0 aromatic heterocycles. The van der Waals surface area contributed by atoms with E-state index in [0.29, 0.717) is 23.6 Å². The Morgan fingerprint density at radius 3 is 1.35 bits per heavy atom. The molecule has 4 nitrogen and oxygen atoms in total. The van der Waals surface area contributed by atoms with E-state index in [1.54, 1.807) is 0 Å². The van der Waals surface area contributed by atoms with Gasteiger partial charge in [-0.2, -0.15) is 0 Å². The largest absolute Gasteiger partial charge is 0.508 e. The summed E-state index contributed by atoms with van der Waals surface area (Å²) >= 11 is 0. The summed E-state index contributed by atoms with van der Waals surface area (Å²) in [5, 5.41) is 29.1. The van der Waals surface area contributed by atoms with E-state index < -0.39 is 0 Å². The molecule has 0 aliphatic heterocycles. The Hall–Kier alpha value is -1.26. The molecule has 2 atom stereocenters. The van der Waals surface area contributed by atoms with Gasteiger partial charge in [0, 0.05) is 23.2 Å². The fourth-order valence-electron chi connectivity index (χ4n) is 4.89. The molecule has 0 spiro atoms. The maximum atomic E-state index is 11.0. The zero-order valence-electron chi connectivity index (χ0n) is 23.7. The van der Waals surface area contributed by atoms with E-state index in [2.05, 4.69) is 66.0 Å². The van der Waals surface area contributed by atoms with E-state index in [4.69, 9.17) is 0 Å². The van der Waals surface area contributed by atoms with Gasteiger partial charge in [-0.15, -0.1) is 0 Å². The first-order chi connectivity index (χ1) is 15.9. The molecule has 0 fully saturated rings. The van der Waals surface area contributed by atoms with Gasteiger partial charge in [0.25, 0.3) is 0 Å². The van der Waals surface area contributed by atoms with E-state index >= 15 is 0 Å². The van der Waals surface area contributed by atoms with Crippen LogP contribution >= 0.6 is 0 Å². The average molecular weight is 477 g/mol. The molecule has 1 aromatic rings. The zero-order valence-corrected chi connectivity index (χ0v) is 23.7. The van der Waals surface area contributed by atoms with Crippen molar-refractivity contribution in [1.29, 1.82) is 0 Å². The molecule has 4 heteroatoms. The predicted octanol–water partition coefficient (Wildman–Crippen LogP) is 7.55. The van der Waals surface area contributed by atoms with Gasteiger partial charge in [0.1, 0.15) is 11.5 Å². The number of phenols is 2. The number of nitrogens with one attached hydrogen (secondary N) is 2. The molecule has 0 heterocycles. The Labute approximate surface area is 211 Å². The molecule has 0 aliphatic carbocycles. The number of unbranched alkanes of at least 4 members (excludes halogenated alkanes) is 2. The smallest absolute Gasteiger partial charge is 0.119 e. The fraction of sp³-hybridized carbons (Fsp3) is 0.800. The van der Waals surface area contributed by atoms with Gasteiger partial charge in [-0.3, -0.25) is 0 Å². The van der Waals surface area contributed by atoms with E-state index in [0.717, 1.165) is 62.7 Å². The van der Waals surface area contributed by atoms with Gasteiger partial charge >= 0.3 is 0 Å². The maximum absolute atomic E-state index is 11.0. The highest BCUT2D eigenvalue weighted by atomic mass is 16.3. The number of phenolic OH excluding ortho intramolecular Hbond substituents is 2. The van der Waals surface area contributed by atoms with Crippen molar-refractivity contribution >= 4 is 0 Å². The summed E-state index contributed by atoms with van der Waals surface area (Å²) in [6.07, 6.45) is 11.3. The molecule has 34 heavy (non-hydrogen) atoms. The molecular weight excluding hydrogens is 420 g/mol. The minimum absolute atomic E-state index is 0.188. The lowest BCUT2D eigenvalue weighted by molar-refractivity contribution is 0.372. The fourth-order valence-corrected chi connectivity index (χ4v) is 4.89. The first-order valence-electron chi connectivity index (χ1n) is 14.0. The molecule has 1 rings (SSSR count). The molecule has 0 saturated heterocycles. The third-order valence-corrected chi connectivity index (χ3v) is 7.50. The first-order valence-corrected chi connectivity index (χ1v) is 14.0. The Kier molecular flexibility index (Phi) is 13.6. The summed E-state index contributed by atoms with van der Waals surface area (Å²) in [7, 11) is 0. The second-order valence-corrected chi connectivity index (χ2v) is 11.9. The van der Waals surface area contributed by atoms with Crippen LogP contribution in [0.3, 0.4) is 0 Å². The van der Waals surface area contributed by atoms with E-state index in [1.807, 2.05) is 12.1 Å². The molecule has 0 amide bonds. The summed E-state index contributed by atoms with van der Waals surface area (Å²) in [6, 6.07) is 4.67. The van der Waals surface area contributed by atoms with Gasteiger partial charge in [-0.1, -0.05) is 67.2 Å². The van der Waals surface area contributed by atoms with Crippen molar-refractivity contribution in [1.82, 2.24) is 10.6 Å². The molecule has 2 unspecified atom stereocenters.